The van der Waals surface area contributed by atoms with E-state index >= 15 is 0 Å². The lowest BCUT2D eigenvalue weighted by Gasteiger charge is -2.36. The zero-order chi connectivity index (χ0) is 16.0. The SMILES string of the molecule is CCC1CCN(CCS(=O)(=O)CCC(N)=O)C(C(=O)O)C1. The van der Waals surface area contributed by atoms with E-state index in [2.05, 4.69) is 0 Å². The zero-order valence-corrected chi connectivity index (χ0v) is 13.1. The summed E-state index contributed by atoms with van der Waals surface area (Å²) in [6.07, 6.45) is 2.20. The van der Waals surface area contributed by atoms with Crippen molar-refractivity contribution >= 4 is 21.7 Å². The maximum atomic E-state index is 11.8. The van der Waals surface area contributed by atoms with Crippen molar-refractivity contribution in [1.29, 1.82) is 0 Å². The second-order valence-electron chi connectivity index (χ2n) is 5.56. The average Bonchev–Trinajstić information content (AvgIpc) is 2.43. The van der Waals surface area contributed by atoms with Gasteiger partial charge in [0.2, 0.25) is 5.91 Å². The zero-order valence-electron chi connectivity index (χ0n) is 12.3. The molecule has 1 saturated heterocycles. The number of hydrogen-bond donors (Lipinski definition) is 2. The Morgan fingerprint density at radius 3 is 2.52 bits per heavy atom. The first-order valence-corrected chi connectivity index (χ1v) is 9.03. The Balaban J connectivity index is 2.56. The first kappa shape index (κ1) is 17.9. The summed E-state index contributed by atoms with van der Waals surface area (Å²) >= 11 is 0. The Kier molecular flexibility index (Phi) is 6.60. The van der Waals surface area contributed by atoms with Gasteiger partial charge in [-0.3, -0.25) is 14.5 Å². The molecule has 0 radical (unpaired) electrons. The largest absolute Gasteiger partial charge is 0.480 e. The maximum Gasteiger partial charge on any atom is 0.320 e. The van der Waals surface area contributed by atoms with E-state index in [0.29, 0.717) is 18.9 Å². The number of hydrogen-bond acceptors (Lipinski definition) is 5. The van der Waals surface area contributed by atoms with Crippen LogP contribution in [0.15, 0.2) is 0 Å². The summed E-state index contributed by atoms with van der Waals surface area (Å²) in [4.78, 5) is 23.7. The minimum atomic E-state index is -3.38. The summed E-state index contributed by atoms with van der Waals surface area (Å²) in [6.45, 7) is 2.82. The number of sulfone groups is 1. The van der Waals surface area contributed by atoms with Gasteiger partial charge < -0.3 is 10.8 Å². The number of rotatable bonds is 8. The number of carboxylic acid groups (broad SMARTS) is 1. The first-order chi connectivity index (χ1) is 9.75. The molecular formula is C13H24N2O5S. The van der Waals surface area contributed by atoms with Gasteiger partial charge in [0.05, 0.1) is 11.5 Å². The van der Waals surface area contributed by atoms with Crippen LogP contribution >= 0.6 is 0 Å². The molecule has 2 atom stereocenters. The molecule has 7 nitrogen and oxygen atoms in total. The summed E-state index contributed by atoms with van der Waals surface area (Å²) < 4.78 is 23.6. The number of carbonyl (C=O) groups is 2. The van der Waals surface area contributed by atoms with Crippen LogP contribution in [0, 0.1) is 5.92 Å². The van der Waals surface area contributed by atoms with Gasteiger partial charge >= 0.3 is 5.97 Å². The molecule has 0 aromatic rings. The molecule has 0 bridgehead atoms. The molecule has 0 aliphatic carbocycles. The molecule has 1 aliphatic heterocycles. The van der Waals surface area contributed by atoms with E-state index in [1.807, 2.05) is 6.92 Å². The molecule has 21 heavy (non-hydrogen) atoms. The van der Waals surface area contributed by atoms with Crippen molar-refractivity contribution in [3.05, 3.63) is 0 Å². The van der Waals surface area contributed by atoms with Crippen molar-refractivity contribution in [2.75, 3.05) is 24.6 Å². The van der Waals surface area contributed by atoms with E-state index in [-0.39, 0.29) is 24.5 Å². The van der Waals surface area contributed by atoms with E-state index in [9.17, 15) is 23.1 Å². The highest BCUT2D eigenvalue weighted by atomic mass is 32.2. The quantitative estimate of drug-likeness (QED) is 0.642. The highest BCUT2D eigenvalue weighted by Gasteiger charge is 2.33. The van der Waals surface area contributed by atoms with Gasteiger partial charge in [0, 0.05) is 13.0 Å². The topological polar surface area (TPSA) is 118 Å². The average molecular weight is 320 g/mol. The molecule has 1 aliphatic rings. The third kappa shape index (κ3) is 6.01. The molecule has 8 heteroatoms. The summed E-state index contributed by atoms with van der Waals surface area (Å²) in [7, 11) is -3.38. The summed E-state index contributed by atoms with van der Waals surface area (Å²) in [5.41, 5.74) is 4.94. The predicted molar refractivity (Wildman–Crippen MR) is 78.5 cm³/mol. The Bertz CT molecular complexity index is 477. The van der Waals surface area contributed by atoms with Crippen LogP contribution in [0.3, 0.4) is 0 Å². The van der Waals surface area contributed by atoms with Crippen LogP contribution in [0.4, 0.5) is 0 Å². The predicted octanol–water partition coefficient (Wildman–Crippen LogP) is -0.148. The number of primary amides is 1. The molecule has 122 valence electrons. The second kappa shape index (κ2) is 7.74. The second-order valence-corrected chi connectivity index (χ2v) is 7.86. The van der Waals surface area contributed by atoms with Crippen molar-refractivity contribution in [2.24, 2.45) is 11.7 Å². The number of carbonyl (C=O) groups excluding carboxylic acids is 1. The molecule has 3 N–H and O–H groups in total. The number of nitrogens with two attached hydrogens (primary N) is 1. The Labute approximate surface area is 125 Å². The minimum absolute atomic E-state index is 0.138. The van der Waals surface area contributed by atoms with E-state index in [4.69, 9.17) is 5.73 Å². The highest BCUT2D eigenvalue weighted by Crippen LogP contribution is 2.25. The van der Waals surface area contributed by atoms with E-state index in [1.165, 1.54) is 0 Å². The minimum Gasteiger partial charge on any atom is -0.480 e. The molecule has 2 unspecified atom stereocenters. The highest BCUT2D eigenvalue weighted by molar-refractivity contribution is 7.91. The molecule has 1 heterocycles. The lowest BCUT2D eigenvalue weighted by Crippen LogP contribution is -2.48. The van der Waals surface area contributed by atoms with Gasteiger partial charge in [-0.05, 0) is 25.3 Å². The molecule has 0 aromatic carbocycles. The van der Waals surface area contributed by atoms with Crippen molar-refractivity contribution in [3.8, 4) is 0 Å². The van der Waals surface area contributed by atoms with Crippen molar-refractivity contribution in [3.63, 3.8) is 0 Å². The molecule has 0 spiro atoms. The summed E-state index contributed by atoms with van der Waals surface area (Å²) in [5, 5.41) is 9.28. The molecule has 1 amide bonds. The first-order valence-electron chi connectivity index (χ1n) is 7.20. The molecule has 1 rings (SSSR count). The lowest BCUT2D eigenvalue weighted by atomic mass is 9.89. The number of piperidine rings is 1. The summed E-state index contributed by atoms with van der Waals surface area (Å²) in [5.74, 6) is -1.57. The van der Waals surface area contributed by atoms with Crippen LogP contribution < -0.4 is 5.73 Å². The number of aliphatic carboxylic acids is 1. The standard InChI is InChI=1S/C13H24N2O5S/c1-2-10-3-5-15(11(9-10)13(17)18)6-8-21(19,20)7-4-12(14)16/h10-11H,2-9H2,1H3,(H2,14,16)(H,17,18). The van der Waals surface area contributed by atoms with Crippen LogP contribution in [0.25, 0.3) is 0 Å². The van der Waals surface area contributed by atoms with Crippen molar-refractivity contribution in [1.82, 2.24) is 4.90 Å². The van der Waals surface area contributed by atoms with Gasteiger partial charge in [-0.1, -0.05) is 13.3 Å². The Hall–Kier alpha value is -1.15. The van der Waals surface area contributed by atoms with Crippen LogP contribution in [-0.2, 0) is 19.4 Å². The fourth-order valence-electron chi connectivity index (χ4n) is 2.60. The molecule has 1 fully saturated rings. The van der Waals surface area contributed by atoms with Crippen LogP contribution in [0.1, 0.15) is 32.6 Å². The fourth-order valence-corrected chi connectivity index (χ4v) is 3.83. The molecule has 0 saturated carbocycles. The third-order valence-electron chi connectivity index (χ3n) is 4.03. The Morgan fingerprint density at radius 2 is 2.00 bits per heavy atom. The van der Waals surface area contributed by atoms with E-state index in [1.54, 1.807) is 4.90 Å². The number of likely N-dealkylation sites (tertiary alicyclic amines) is 1. The van der Waals surface area contributed by atoms with Crippen LogP contribution in [0.5, 0.6) is 0 Å². The van der Waals surface area contributed by atoms with E-state index in [0.717, 1.165) is 12.8 Å². The Morgan fingerprint density at radius 1 is 1.33 bits per heavy atom. The monoisotopic (exact) mass is 320 g/mol. The number of amides is 1. The lowest BCUT2D eigenvalue weighted by molar-refractivity contribution is -0.145. The van der Waals surface area contributed by atoms with Gasteiger partial charge in [-0.25, -0.2) is 8.42 Å². The van der Waals surface area contributed by atoms with Crippen molar-refractivity contribution < 1.29 is 23.1 Å². The van der Waals surface area contributed by atoms with Crippen molar-refractivity contribution in [2.45, 2.75) is 38.6 Å². The normalized spacial score (nSPS) is 23.9. The molecule has 0 aromatic heterocycles. The smallest absolute Gasteiger partial charge is 0.320 e. The van der Waals surface area contributed by atoms with Crippen LogP contribution in [0.2, 0.25) is 0 Å². The third-order valence-corrected chi connectivity index (χ3v) is 5.66. The van der Waals surface area contributed by atoms with Gasteiger partial charge in [-0.15, -0.1) is 0 Å². The van der Waals surface area contributed by atoms with Gasteiger partial charge in [0.25, 0.3) is 0 Å². The van der Waals surface area contributed by atoms with Gasteiger partial charge in [-0.2, -0.15) is 0 Å². The van der Waals surface area contributed by atoms with Crippen LogP contribution in [-0.4, -0.2) is 60.9 Å². The maximum absolute atomic E-state index is 11.8. The number of nitrogens with zero attached hydrogens (tertiary/aromatic N) is 1. The van der Waals surface area contributed by atoms with Gasteiger partial charge in [0.1, 0.15) is 6.04 Å². The van der Waals surface area contributed by atoms with Gasteiger partial charge in [0.15, 0.2) is 9.84 Å². The fraction of sp³-hybridized carbons (Fsp3) is 0.846. The summed E-state index contributed by atoms with van der Waals surface area (Å²) in [6, 6.07) is -0.616. The molecular weight excluding hydrogens is 296 g/mol. The van der Waals surface area contributed by atoms with E-state index < -0.39 is 27.8 Å². The number of carboxylic acids is 1.